The summed E-state index contributed by atoms with van der Waals surface area (Å²) in [6.45, 7) is 2.40. The fourth-order valence-corrected chi connectivity index (χ4v) is 3.50. The van der Waals surface area contributed by atoms with Crippen molar-refractivity contribution in [2.24, 2.45) is 0 Å². The van der Waals surface area contributed by atoms with Gasteiger partial charge in [-0.3, -0.25) is 4.79 Å². The molecule has 1 aliphatic rings. The first-order valence-electron chi connectivity index (χ1n) is 7.78. The smallest absolute Gasteiger partial charge is 0.274 e. The van der Waals surface area contributed by atoms with Crippen molar-refractivity contribution in [2.75, 3.05) is 6.54 Å². The zero-order valence-corrected chi connectivity index (χ0v) is 13.8. The van der Waals surface area contributed by atoms with E-state index in [1.165, 1.54) is 6.07 Å². The van der Waals surface area contributed by atoms with Crippen molar-refractivity contribution in [1.29, 1.82) is 0 Å². The van der Waals surface area contributed by atoms with Crippen molar-refractivity contribution in [1.82, 2.24) is 14.5 Å². The third-order valence-electron chi connectivity index (χ3n) is 4.55. The van der Waals surface area contributed by atoms with E-state index < -0.39 is 0 Å². The van der Waals surface area contributed by atoms with Gasteiger partial charge in [0, 0.05) is 18.3 Å². The van der Waals surface area contributed by atoms with Gasteiger partial charge in [-0.25, -0.2) is 8.91 Å². The van der Waals surface area contributed by atoms with Crippen LogP contribution >= 0.6 is 11.6 Å². The number of hydrogen-bond donors (Lipinski definition) is 0. The second-order valence-corrected chi connectivity index (χ2v) is 6.42. The van der Waals surface area contributed by atoms with Crippen LogP contribution in [0.4, 0.5) is 4.39 Å². The number of hydrogen-bond acceptors (Lipinski definition) is 2. The lowest BCUT2D eigenvalue weighted by molar-refractivity contribution is 0.0667. The van der Waals surface area contributed by atoms with Crippen LogP contribution < -0.4 is 0 Å². The Morgan fingerprint density at radius 3 is 3.00 bits per heavy atom. The molecular formula is C18H15ClFN3O. The van der Waals surface area contributed by atoms with E-state index in [0.717, 1.165) is 11.1 Å². The Kier molecular flexibility index (Phi) is 3.53. The Morgan fingerprint density at radius 2 is 2.17 bits per heavy atom. The summed E-state index contributed by atoms with van der Waals surface area (Å²) in [6.07, 6.45) is 2.30. The third kappa shape index (κ3) is 2.36. The van der Waals surface area contributed by atoms with Crippen molar-refractivity contribution in [2.45, 2.75) is 19.4 Å². The van der Waals surface area contributed by atoms with Crippen molar-refractivity contribution in [3.63, 3.8) is 0 Å². The van der Waals surface area contributed by atoms with Crippen LogP contribution in [-0.2, 0) is 6.42 Å². The Bertz CT molecular complexity index is 953. The number of carbonyl (C=O) groups is 1. The van der Waals surface area contributed by atoms with E-state index in [4.69, 9.17) is 11.6 Å². The van der Waals surface area contributed by atoms with Gasteiger partial charge in [0.25, 0.3) is 5.91 Å². The molecule has 3 aromatic rings. The van der Waals surface area contributed by atoms with Crippen LogP contribution in [0, 0.1) is 5.82 Å². The first-order chi connectivity index (χ1) is 11.5. The molecule has 0 aliphatic carbocycles. The van der Waals surface area contributed by atoms with Crippen molar-refractivity contribution in [3.8, 4) is 0 Å². The molecular weight excluding hydrogens is 329 g/mol. The number of aromatic nitrogens is 2. The highest BCUT2D eigenvalue weighted by molar-refractivity contribution is 6.30. The molecule has 4 rings (SSSR count). The summed E-state index contributed by atoms with van der Waals surface area (Å²) in [5, 5.41) is 4.86. The van der Waals surface area contributed by atoms with Crippen LogP contribution in [0.3, 0.4) is 0 Å². The monoisotopic (exact) mass is 343 g/mol. The van der Waals surface area contributed by atoms with E-state index in [1.54, 1.807) is 39.9 Å². The van der Waals surface area contributed by atoms with Gasteiger partial charge in [-0.05, 0) is 43.2 Å². The Morgan fingerprint density at radius 1 is 1.33 bits per heavy atom. The molecule has 6 heteroatoms. The minimum atomic E-state index is -0.323. The van der Waals surface area contributed by atoms with E-state index in [1.807, 2.05) is 13.0 Å². The molecule has 3 heterocycles. The second-order valence-electron chi connectivity index (χ2n) is 5.98. The Balaban J connectivity index is 1.70. The molecule has 122 valence electrons. The molecule has 0 radical (unpaired) electrons. The lowest BCUT2D eigenvalue weighted by Crippen LogP contribution is -2.39. The van der Waals surface area contributed by atoms with Crippen molar-refractivity contribution >= 4 is 23.0 Å². The van der Waals surface area contributed by atoms with Gasteiger partial charge in [-0.1, -0.05) is 23.7 Å². The summed E-state index contributed by atoms with van der Waals surface area (Å²) in [5.41, 5.74) is 2.69. The van der Waals surface area contributed by atoms with Crippen molar-refractivity contribution < 1.29 is 9.18 Å². The van der Waals surface area contributed by atoms with Gasteiger partial charge >= 0.3 is 0 Å². The molecule has 24 heavy (non-hydrogen) atoms. The van der Waals surface area contributed by atoms with Gasteiger partial charge < -0.3 is 4.90 Å². The van der Waals surface area contributed by atoms with E-state index in [0.29, 0.717) is 29.2 Å². The topological polar surface area (TPSA) is 37.6 Å². The van der Waals surface area contributed by atoms with E-state index >= 15 is 0 Å². The first kappa shape index (κ1) is 15.1. The van der Waals surface area contributed by atoms with Crippen LogP contribution in [-0.4, -0.2) is 27.0 Å². The molecule has 1 amide bonds. The van der Waals surface area contributed by atoms with E-state index in [2.05, 4.69) is 5.10 Å². The van der Waals surface area contributed by atoms with Gasteiger partial charge in [0.05, 0.1) is 16.6 Å². The molecule has 1 atom stereocenters. The maximum absolute atomic E-state index is 14.2. The van der Waals surface area contributed by atoms with Crippen LogP contribution in [0.25, 0.3) is 5.52 Å². The largest absolute Gasteiger partial charge is 0.330 e. The fraction of sp³-hybridized carbons (Fsp3) is 0.222. The molecule has 4 nitrogen and oxygen atoms in total. The fourth-order valence-electron chi connectivity index (χ4n) is 3.35. The van der Waals surface area contributed by atoms with Crippen LogP contribution in [0.1, 0.15) is 34.6 Å². The predicted octanol–water partition coefficient (Wildman–Crippen LogP) is 3.89. The minimum absolute atomic E-state index is 0.198. The quantitative estimate of drug-likeness (QED) is 0.672. The van der Waals surface area contributed by atoms with Gasteiger partial charge in [0.2, 0.25) is 0 Å². The van der Waals surface area contributed by atoms with Crippen LogP contribution in [0.5, 0.6) is 0 Å². The average Bonchev–Trinajstić information content (AvgIpc) is 2.97. The predicted molar refractivity (Wildman–Crippen MR) is 89.8 cm³/mol. The Hall–Kier alpha value is -2.40. The molecule has 0 bridgehead atoms. The number of amides is 1. The molecule has 2 aromatic heterocycles. The second kappa shape index (κ2) is 5.60. The highest BCUT2D eigenvalue weighted by Gasteiger charge is 2.31. The summed E-state index contributed by atoms with van der Waals surface area (Å²) in [7, 11) is 0. The van der Waals surface area contributed by atoms with Gasteiger partial charge in [0.15, 0.2) is 5.69 Å². The molecule has 0 N–H and O–H groups in total. The SMILES string of the molecule is CC1c2c(F)cccc2CCN1C(=O)c1cc2ccc(Cl)cn2n1. The zero-order valence-electron chi connectivity index (χ0n) is 13.0. The molecule has 0 spiro atoms. The van der Waals surface area contributed by atoms with E-state index in [9.17, 15) is 9.18 Å². The Labute approximate surface area is 143 Å². The highest BCUT2D eigenvalue weighted by Crippen LogP contribution is 2.32. The number of halogens is 2. The number of pyridine rings is 1. The van der Waals surface area contributed by atoms with Crippen molar-refractivity contribution in [3.05, 3.63) is 70.3 Å². The first-order valence-corrected chi connectivity index (χ1v) is 8.15. The maximum Gasteiger partial charge on any atom is 0.274 e. The minimum Gasteiger partial charge on any atom is -0.330 e. The molecule has 1 unspecified atom stereocenters. The summed E-state index contributed by atoms with van der Waals surface area (Å²) >= 11 is 5.96. The normalized spacial score (nSPS) is 17.1. The molecule has 1 aromatic carbocycles. The van der Waals surface area contributed by atoms with Gasteiger partial charge in [0.1, 0.15) is 5.82 Å². The molecule has 0 saturated heterocycles. The van der Waals surface area contributed by atoms with Gasteiger partial charge in [-0.2, -0.15) is 5.10 Å². The summed E-state index contributed by atoms with van der Waals surface area (Å²) < 4.78 is 15.8. The zero-order chi connectivity index (χ0) is 16.8. The summed E-state index contributed by atoms with van der Waals surface area (Å²) in [4.78, 5) is 14.6. The number of carbonyl (C=O) groups excluding carboxylic acids is 1. The average molecular weight is 344 g/mol. The number of nitrogens with zero attached hydrogens (tertiary/aromatic N) is 3. The highest BCUT2D eigenvalue weighted by atomic mass is 35.5. The number of rotatable bonds is 1. The lowest BCUT2D eigenvalue weighted by atomic mass is 9.93. The molecule has 0 fully saturated rings. The molecule has 1 aliphatic heterocycles. The number of benzene rings is 1. The standard InChI is InChI=1S/C18H15ClFN3O/c1-11-17-12(3-2-4-15(17)20)7-8-22(11)18(24)16-9-14-6-5-13(19)10-23(14)21-16/h2-6,9-11H,7-8H2,1H3. The molecule has 0 saturated carbocycles. The van der Waals surface area contributed by atoms with E-state index in [-0.39, 0.29) is 17.8 Å². The van der Waals surface area contributed by atoms with Crippen LogP contribution in [0.2, 0.25) is 5.02 Å². The van der Waals surface area contributed by atoms with Crippen LogP contribution in [0.15, 0.2) is 42.6 Å². The summed E-state index contributed by atoms with van der Waals surface area (Å²) in [6, 6.07) is 10.0. The maximum atomic E-state index is 14.2. The number of fused-ring (bicyclic) bond motifs is 2. The third-order valence-corrected chi connectivity index (χ3v) is 4.78. The van der Waals surface area contributed by atoms with Gasteiger partial charge in [-0.15, -0.1) is 0 Å². The summed E-state index contributed by atoms with van der Waals surface area (Å²) in [5.74, 6) is -0.462. The lowest BCUT2D eigenvalue weighted by Gasteiger charge is -2.35.